The lowest BCUT2D eigenvalue weighted by molar-refractivity contribution is 0.433. The average Bonchev–Trinajstić information content (AvgIpc) is 3.44. The van der Waals surface area contributed by atoms with Crippen molar-refractivity contribution in [3.8, 4) is 67.8 Å². The third kappa shape index (κ3) is 5.33. The van der Waals surface area contributed by atoms with Gasteiger partial charge in [0.1, 0.15) is 11.5 Å². The molecular weight excluding hydrogens is 745 g/mol. The smallest absolute Gasteiger partial charge is 0.160 e. The normalized spacial score (nSPS) is 16.0. The summed E-state index contributed by atoms with van der Waals surface area (Å²) in [5.41, 5.74) is 17.4. The Hall–Kier alpha value is -7.76. The number of aromatic nitrogens is 4. The van der Waals surface area contributed by atoms with Gasteiger partial charge in [0.05, 0.1) is 22.5 Å². The van der Waals surface area contributed by atoms with E-state index >= 15 is 0 Å². The predicted octanol–water partition coefficient (Wildman–Crippen LogP) is 13.2. The molecule has 6 aromatic carbocycles. The topological polar surface area (TPSA) is 60.8 Å². The molecule has 3 aromatic heterocycles. The first-order chi connectivity index (χ1) is 30.0. The second-order valence-electron chi connectivity index (χ2n) is 16.6. The van der Waals surface area contributed by atoms with Crippen LogP contribution in [0.5, 0.6) is 11.5 Å². The second kappa shape index (κ2) is 13.4. The van der Waals surface area contributed by atoms with Gasteiger partial charge in [-0.05, 0) is 99.1 Å². The minimum absolute atomic E-state index is 0.182. The van der Waals surface area contributed by atoms with E-state index in [0.717, 1.165) is 73.1 Å². The van der Waals surface area contributed by atoms with Crippen LogP contribution in [-0.4, -0.2) is 19.9 Å². The molecule has 0 saturated heterocycles. The fourth-order valence-corrected chi connectivity index (χ4v) is 10.00. The number of pyridine rings is 2. The fourth-order valence-electron chi connectivity index (χ4n) is 10.00. The predicted molar refractivity (Wildman–Crippen MR) is 244 cm³/mol. The van der Waals surface area contributed by atoms with Gasteiger partial charge >= 0.3 is 0 Å². The number of fused-ring (bicyclic) bond motifs is 11. The van der Waals surface area contributed by atoms with Crippen molar-refractivity contribution < 1.29 is 4.74 Å². The SMILES string of the molecule is CC1(C)c2ccccc2-c2cc3c(cc21)Oc1ccccc1C31c2ccccc2C=Cc2ccc(-c3cc(-c4ccc(-c5cccnc5)nc4)nc(-c4ccccc4)n3)cc21. The van der Waals surface area contributed by atoms with E-state index < -0.39 is 5.41 Å². The third-order valence-electron chi connectivity index (χ3n) is 12.9. The highest BCUT2D eigenvalue weighted by Crippen LogP contribution is 2.61. The van der Waals surface area contributed by atoms with Gasteiger partial charge in [-0.25, -0.2) is 9.97 Å². The van der Waals surface area contributed by atoms with Crippen LogP contribution >= 0.6 is 0 Å². The zero-order chi connectivity index (χ0) is 40.7. The van der Waals surface area contributed by atoms with Gasteiger partial charge in [-0.1, -0.05) is 135 Å². The number of ether oxygens (including phenoxy) is 1. The Morgan fingerprint density at radius 2 is 1.11 bits per heavy atom. The molecule has 5 nitrogen and oxygen atoms in total. The van der Waals surface area contributed by atoms with Gasteiger partial charge in [0, 0.05) is 57.4 Å². The Kier molecular flexibility index (Phi) is 7.72. The van der Waals surface area contributed by atoms with Gasteiger partial charge in [0.2, 0.25) is 0 Å². The Morgan fingerprint density at radius 3 is 1.92 bits per heavy atom. The maximum atomic E-state index is 7.02. The first-order valence-corrected chi connectivity index (χ1v) is 20.8. The van der Waals surface area contributed by atoms with Crippen LogP contribution in [0.1, 0.15) is 58.4 Å². The first-order valence-electron chi connectivity index (χ1n) is 20.8. The molecule has 0 saturated carbocycles. The van der Waals surface area contributed by atoms with Crippen molar-refractivity contribution >= 4 is 12.2 Å². The third-order valence-corrected chi connectivity index (χ3v) is 12.9. The molecule has 1 atom stereocenters. The number of benzene rings is 6. The van der Waals surface area contributed by atoms with Gasteiger partial charge in [0.25, 0.3) is 0 Å². The summed E-state index contributed by atoms with van der Waals surface area (Å²) in [5.74, 6) is 2.39. The highest BCUT2D eigenvalue weighted by Gasteiger charge is 2.49. The van der Waals surface area contributed by atoms with E-state index in [4.69, 9.17) is 19.7 Å². The monoisotopic (exact) mass is 782 g/mol. The van der Waals surface area contributed by atoms with Crippen molar-refractivity contribution in [1.29, 1.82) is 0 Å². The van der Waals surface area contributed by atoms with E-state index in [1.807, 2.05) is 48.8 Å². The van der Waals surface area contributed by atoms with Crippen LogP contribution in [0, 0.1) is 0 Å². The quantitative estimate of drug-likeness (QED) is 0.178. The number of nitrogens with zero attached hydrogens (tertiary/aromatic N) is 4. The zero-order valence-corrected chi connectivity index (χ0v) is 33.7. The van der Waals surface area contributed by atoms with Gasteiger partial charge in [-0.2, -0.15) is 0 Å². The molecular formula is C56H38N4O. The maximum absolute atomic E-state index is 7.02. The molecule has 1 aliphatic heterocycles. The number of hydrogen-bond acceptors (Lipinski definition) is 5. The lowest BCUT2D eigenvalue weighted by atomic mass is 9.61. The van der Waals surface area contributed by atoms with E-state index in [1.54, 1.807) is 6.20 Å². The van der Waals surface area contributed by atoms with E-state index in [0.29, 0.717) is 5.82 Å². The molecule has 0 fully saturated rings. The van der Waals surface area contributed by atoms with Crippen LogP contribution in [0.15, 0.2) is 182 Å². The summed E-state index contributed by atoms with van der Waals surface area (Å²) in [5, 5.41) is 0. The minimum Gasteiger partial charge on any atom is -0.457 e. The molecule has 0 radical (unpaired) electrons. The van der Waals surface area contributed by atoms with Crippen LogP contribution in [0.25, 0.3) is 68.4 Å². The van der Waals surface area contributed by atoms with Crippen molar-refractivity contribution in [3.05, 3.63) is 227 Å². The minimum atomic E-state index is -0.740. The van der Waals surface area contributed by atoms with E-state index in [-0.39, 0.29) is 5.41 Å². The summed E-state index contributed by atoms with van der Waals surface area (Å²) < 4.78 is 7.02. The molecule has 2 aliphatic carbocycles. The maximum Gasteiger partial charge on any atom is 0.160 e. The Labute approximate surface area is 354 Å². The highest BCUT2D eigenvalue weighted by molar-refractivity contribution is 5.89. The largest absolute Gasteiger partial charge is 0.457 e. The lowest BCUT2D eigenvalue weighted by Gasteiger charge is -2.43. The Morgan fingerprint density at radius 1 is 0.426 bits per heavy atom. The number of hydrogen-bond donors (Lipinski definition) is 0. The van der Waals surface area contributed by atoms with Gasteiger partial charge in [0.15, 0.2) is 5.82 Å². The van der Waals surface area contributed by atoms with Crippen LogP contribution < -0.4 is 4.74 Å². The number of para-hydroxylation sites is 1. The molecule has 0 amide bonds. The van der Waals surface area contributed by atoms with Crippen LogP contribution in [0.3, 0.4) is 0 Å². The molecule has 9 aromatic rings. The second-order valence-corrected chi connectivity index (χ2v) is 16.6. The summed E-state index contributed by atoms with van der Waals surface area (Å²) in [6, 6.07) is 58.2. The van der Waals surface area contributed by atoms with E-state index in [1.165, 1.54) is 33.4 Å². The standard InChI is InChI=1S/C56H38N4O/c1-55(2)44-19-9-7-17-41(44)42-30-48-53(31-47(42)55)61-52-21-11-10-20-45(52)56(48)43-18-8-6-13-35(43)22-23-36-24-25-38(29-46(36)56)50-32-51(60-54(59-50)37-14-4-3-5-15-37)40-26-27-49(58-34-40)39-16-12-28-57-33-39/h3-34H,1-2H3. The molecule has 1 spiro atoms. The van der Waals surface area contributed by atoms with Crippen molar-refractivity contribution in [2.75, 3.05) is 0 Å². The molecule has 0 bridgehead atoms. The molecule has 1 unspecified atom stereocenters. The molecule has 12 rings (SSSR count). The van der Waals surface area contributed by atoms with Crippen LogP contribution in [0.2, 0.25) is 0 Å². The molecule has 5 heteroatoms. The highest BCUT2D eigenvalue weighted by atomic mass is 16.5. The average molecular weight is 783 g/mol. The number of rotatable bonds is 4. The summed E-state index contributed by atoms with van der Waals surface area (Å²) in [4.78, 5) is 19.6. The molecule has 61 heavy (non-hydrogen) atoms. The van der Waals surface area contributed by atoms with E-state index in [2.05, 4.69) is 158 Å². The van der Waals surface area contributed by atoms with Gasteiger partial charge in [-0.15, -0.1) is 0 Å². The Balaban J connectivity index is 1.12. The molecule has 0 N–H and O–H groups in total. The van der Waals surface area contributed by atoms with E-state index in [9.17, 15) is 0 Å². The molecule has 288 valence electrons. The Bertz CT molecular complexity index is 3250. The van der Waals surface area contributed by atoms with Gasteiger partial charge in [-0.3, -0.25) is 9.97 Å². The summed E-state index contributed by atoms with van der Waals surface area (Å²) in [6.07, 6.45) is 10.0. The van der Waals surface area contributed by atoms with Crippen molar-refractivity contribution in [2.45, 2.75) is 24.7 Å². The summed E-state index contributed by atoms with van der Waals surface area (Å²) in [7, 11) is 0. The van der Waals surface area contributed by atoms with Gasteiger partial charge < -0.3 is 4.74 Å². The van der Waals surface area contributed by atoms with Crippen molar-refractivity contribution in [3.63, 3.8) is 0 Å². The van der Waals surface area contributed by atoms with Crippen LogP contribution in [0.4, 0.5) is 0 Å². The summed E-state index contributed by atoms with van der Waals surface area (Å²) >= 11 is 0. The fraction of sp³-hybridized carbons (Fsp3) is 0.0714. The first kappa shape index (κ1) is 35.2. The molecule has 3 aliphatic rings. The zero-order valence-electron chi connectivity index (χ0n) is 33.7. The summed E-state index contributed by atoms with van der Waals surface area (Å²) in [6.45, 7) is 4.65. The lowest BCUT2D eigenvalue weighted by Crippen LogP contribution is -2.35. The molecule has 4 heterocycles. The van der Waals surface area contributed by atoms with Crippen molar-refractivity contribution in [1.82, 2.24) is 19.9 Å². The van der Waals surface area contributed by atoms with Crippen molar-refractivity contribution in [2.24, 2.45) is 0 Å². The van der Waals surface area contributed by atoms with Crippen LogP contribution in [-0.2, 0) is 10.8 Å².